The van der Waals surface area contributed by atoms with E-state index in [1.807, 2.05) is 27.8 Å². The summed E-state index contributed by atoms with van der Waals surface area (Å²) < 4.78 is 0. The van der Waals surface area contributed by atoms with E-state index in [0.29, 0.717) is 6.04 Å². The summed E-state index contributed by atoms with van der Waals surface area (Å²) in [4.78, 5) is 0. The Balaban J connectivity index is -0.000000422. The Hall–Kier alpha value is -2.00. The standard InChI is InChI=1S/C11H16.C8H12.C7H13N3.C4H10.C3H8.C2H6/c1-3-4-7-11-8-5-6-10(2)9-11;1-2-8-6-4-3-5-7-8;1-5-4-7(10-9-5)6(2)8-3;1-3-4-2;1-3-2;1-2/h5-6,8-9H,3-4,7H2,1-2H3;4,6-7H,2-3,5H2,1H3;6,8H,4H2,1-3H3;3-4H2,1-2H3;3H2,1-2H3;1-2H3. The minimum atomic E-state index is 0.362. The molecule has 2 aliphatic rings. The van der Waals surface area contributed by atoms with Gasteiger partial charge in [0.05, 0.1) is 5.71 Å². The van der Waals surface area contributed by atoms with Gasteiger partial charge in [-0.2, -0.15) is 10.2 Å². The van der Waals surface area contributed by atoms with Crippen LogP contribution in [0.15, 0.2) is 58.3 Å². The third-order valence-corrected chi connectivity index (χ3v) is 5.60. The van der Waals surface area contributed by atoms with Gasteiger partial charge in [-0.1, -0.05) is 135 Å². The highest BCUT2D eigenvalue weighted by atomic mass is 15.2. The predicted molar refractivity (Wildman–Crippen MR) is 178 cm³/mol. The first-order valence-corrected chi connectivity index (χ1v) is 15.5. The normalized spacial score (nSPS) is 13.5. The van der Waals surface area contributed by atoms with Gasteiger partial charge in [0, 0.05) is 18.2 Å². The van der Waals surface area contributed by atoms with E-state index in [-0.39, 0.29) is 0 Å². The van der Waals surface area contributed by atoms with Gasteiger partial charge in [-0.05, 0) is 65.5 Å². The molecule has 0 amide bonds. The predicted octanol–water partition coefficient (Wildman–Crippen LogP) is 11.1. The zero-order valence-corrected chi connectivity index (χ0v) is 27.6. The Morgan fingerprint density at radius 1 is 0.895 bits per heavy atom. The number of aryl methyl sites for hydroxylation is 2. The number of unbranched alkanes of at least 4 members (excludes halogenated alkanes) is 2. The lowest BCUT2D eigenvalue weighted by Crippen LogP contribution is -2.30. The van der Waals surface area contributed by atoms with Crippen LogP contribution in [0.25, 0.3) is 0 Å². The third-order valence-electron chi connectivity index (χ3n) is 5.60. The van der Waals surface area contributed by atoms with Crippen LogP contribution in [-0.4, -0.2) is 24.5 Å². The molecule has 0 bridgehead atoms. The van der Waals surface area contributed by atoms with Crippen molar-refractivity contribution in [2.45, 2.75) is 146 Å². The van der Waals surface area contributed by atoms with Crippen LogP contribution in [0.4, 0.5) is 0 Å². The molecule has 3 heteroatoms. The molecule has 0 saturated heterocycles. The Bertz CT molecular complexity index is 754. The fraction of sp³-hybridized carbons (Fsp3) is 0.657. The minimum Gasteiger partial charge on any atom is -0.312 e. The SMILES string of the molecule is CC.CCC.CCC1=CCCC=C1.CCCC.CCCCc1cccc(C)c1.CNC(C)C1=NN=C(C)C1. The Morgan fingerprint density at radius 2 is 1.53 bits per heavy atom. The Kier molecular flexibility index (Phi) is 33.3. The number of nitrogens with zero attached hydrogens (tertiary/aromatic N) is 2. The van der Waals surface area contributed by atoms with E-state index in [4.69, 9.17) is 0 Å². The average molecular weight is 528 g/mol. The lowest BCUT2D eigenvalue weighted by molar-refractivity contribution is 0.756. The summed E-state index contributed by atoms with van der Waals surface area (Å²) in [6.07, 6.45) is 19.1. The van der Waals surface area contributed by atoms with Gasteiger partial charge in [0.25, 0.3) is 0 Å². The molecular weight excluding hydrogens is 462 g/mol. The fourth-order valence-corrected chi connectivity index (χ4v) is 3.07. The molecular formula is C35H65N3. The summed E-state index contributed by atoms with van der Waals surface area (Å²) in [7, 11) is 1.93. The molecule has 1 heterocycles. The third kappa shape index (κ3) is 25.6. The maximum Gasteiger partial charge on any atom is 0.0628 e. The van der Waals surface area contributed by atoms with E-state index in [1.165, 1.54) is 74.5 Å². The summed E-state index contributed by atoms with van der Waals surface area (Å²) >= 11 is 0. The van der Waals surface area contributed by atoms with Crippen LogP contribution >= 0.6 is 0 Å². The second-order valence-corrected chi connectivity index (χ2v) is 9.53. The number of allylic oxidation sites excluding steroid dienone is 4. The molecule has 1 aliphatic heterocycles. The van der Waals surface area contributed by atoms with Crippen LogP contribution in [-0.2, 0) is 6.42 Å². The van der Waals surface area contributed by atoms with E-state index in [1.54, 1.807) is 0 Å². The molecule has 1 aromatic carbocycles. The fourth-order valence-electron chi connectivity index (χ4n) is 3.07. The first-order chi connectivity index (χ1) is 18.3. The van der Waals surface area contributed by atoms with Crippen molar-refractivity contribution in [1.82, 2.24) is 5.32 Å². The van der Waals surface area contributed by atoms with Crippen molar-refractivity contribution < 1.29 is 0 Å². The minimum absolute atomic E-state index is 0.362. The average Bonchev–Trinajstić information content (AvgIpc) is 3.40. The molecule has 3 rings (SSSR count). The maximum atomic E-state index is 4.03. The van der Waals surface area contributed by atoms with Crippen molar-refractivity contribution in [3.8, 4) is 0 Å². The van der Waals surface area contributed by atoms with Crippen LogP contribution in [0.3, 0.4) is 0 Å². The van der Waals surface area contributed by atoms with Crippen LogP contribution in [0.1, 0.15) is 138 Å². The molecule has 0 aromatic heterocycles. The summed E-state index contributed by atoms with van der Waals surface area (Å²) in [5.41, 5.74) is 6.60. The van der Waals surface area contributed by atoms with Gasteiger partial charge in [0.15, 0.2) is 0 Å². The van der Waals surface area contributed by atoms with E-state index < -0.39 is 0 Å². The zero-order valence-electron chi connectivity index (χ0n) is 27.6. The van der Waals surface area contributed by atoms with Gasteiger partial charge in [-0.25, -0.2) is 0 Å². The first kappa shape index (κ1) is 40.5. The van der Waals surface area contributed by atoms with Crippen molar-refractivity contribution in [1.29, 1.82) is 0 Å². The lowest BCUT2D eigenvalue weighted by Gasteiger charge is -2.07. The topological polar surface area (TPSA) is 36.8 Å². The highest BCUT2D eigenvalue weighted by Gasteiger charge is 2.13. The highest BCUT2D eigenvalue weighted by molar-refractivity contribution is 6.08. The molecule has 0 spiro atoms. The van der Waals surface area contributed by atoms with E-state index in [2.05, 4.69) is 113 Å². The smallest absolute Gasteiger partial charge is 0.0628 e. The lowest BCUT2D eigenvalue weighted by atomic mass is 10.1. The number of hydrogen-bond acceptors (Lipinski definition) is 3. The summed E-state index contributed by atoms with van der Waals surface area (Å²) in [6.45, 7) is 23.3. The van der Waals surface area contributed by atoms with Crippen molar-refractivity contribution in [2.24, 2.45) is 10.2 Å². The molecule has 1 N–H and O–H groups in total. The number of benzene rings is 1. The molecule has 1 atom stereocenters. The Labute approximate surface area is 239 Å². The molecule has 38 heavy (non-hydrogen) atoms. The number of nitrogens with one attached hydrogen (secondary N) is 1. The molecule has 0 radical (unpaired) electrons. The molecule has 220 valence electrons. The van der Waals surface area contributed by atoms with Crippen LogP contribution in [0, 0.1) is 6.92 Å². The van der Waals surface area contributed by atoms with Gasteiger partial charge in [0.1, 0.15) is 0 Å². The van der Waals surface area contributed by atoms with Gasteiger partial charge < -0.3 is 5.32 Å². The van der Waals surface area contributed by atoms with Crippen molar-refractivity contribution in [2.75, 3.05) is 7.05 Å². The van der Waals surface area contributed by atoms with Crippen LogP contribution in [0.5, 0.6) is 0 Å². The first-order valence-electron chi connectivity index (χ1n) is 15.5. The largest absolute Gasteiger partial charge is 0.312 e. The van der Waals surface area contributed by atoms with Gasteiger partial charge in [-0.3, -0.25) is 0 Å². The molecule has 0 fully saturated rings. The maximum absolute atomic E-state index is 4.03. The monoisotopic (exact) mass is 528 g/mol. The summed E-state index contributed by atoms with van der Waals surface area (Å²) in [6, 6.07) is 9.13. The van der Waals surface area contributed by atoms with E-state index >= 15 is 0 Å². The van der Waals surface area contributed by atoms with Crippen LogP contribution < -0.4 is 5.32 Å². The van der Waals surface area contributed by atoms with Crippen molar-refractivity contribution in [3.63, 3.8) is 0 Å². The quantitative estimate of drug-likeness (QED) is 0.376. The second kappa shape index (κ2) is 31.2. The van der Waals surface area contributed by atoms with Gasteiger partial charge >= 0.3 is 0 Å². The molecule has 1 aliphatic carbocycles. The van der Waals surface area contributed by atoms with Gasteiger partial charge in [-0.15, -0.1) is 0 Å². The Morgan fingerprint density at radius 3 is 1.89 bits per heavy atom. The van der Waals surface area contributed by atoms with E-state index in [9.17, 15) is 0 Å². The van der Waals surface area contributed by atoms with Crippen LogP contribution in [0.2, 0.25) is 0 Å². The van der Waals surface area contributed by atoms with E-state index in [0.717, 1.165) is 17.8 Å². The highest BCUT2D eigenvalue weighted by Crippen LogP contribution is 2.11. The zero-order chi connectivity index (χ0) is 29.6. The van der Waals surface area contributed by atoms with Gasteiger partial charge in [0.2, 0.25) is 0 Å². The molecule has 1 unspecified atom stereocenters. The van der Waals surface area contributed by atoms with Crippen molar-refractivity contribution in [3.05, 3.63) is 59.2 Å². The van der Waals surface area contributed by atoms with Crippen molar-refractivity contribution >= 4 is 11.4 Å². The molecule has 1 aromatic rings. The second-order valence-electron chi connectivity index (χ2n) is 9.53. The summed E-state index contributed by atoms with van der Waals surface area (Å²) in [5, 5.41) is 11.1. The number of rotatable bonds is 7. The number of hydrogen-bond donors (Lipinski definition) is 1. The summed E-state index contributed by atoms with van der Waals surface area (Å²) in [5.74, 6) is 0. The molecule has 0 saturated carbocycles. The molecule has 3 nitrogen and oxygen atoms in total.